The van der Waals surface area contributed by atoms with Crippen LogP contribution < -0.4 is 0 Å². The number of carboxylic acid groups (broad SMARTS) is 1. The molecule has 4 rings (SSSR count). The number of aryl methyl sites for hydroxylation is 1. The maximum Gasteiger partial charge on any atom is 0.336 e. The van der Waals surface area contributed by atoms with E-state index in [4.69, 9.17) is 27.6 Å². The first kappa shape index (κ1) is 17.6. The summed E-state index contributed by atoms with van der Waals surface area (Å²) >= 11 is 12.2. The van der Waals surface area contributed by atoms with Gasteiger partial charge in [0.1, 0.15) is 11.5 Å². The van der Waals surface area contributed by atoms with Crippen molar-refractivity contribution in [1.29, 1.82) is 0 Å². The summed E-state index contributed by atoms with van der Waals surface area (Å²) in [6.45, 7) is 1.91. The van der Waals surface area contributed by atoms with Gasteiger partial charge >= 0.3 is 5.97 Å². The molecule has 0 atom stereocenters. The van der Waals surface area contributed by atoms with Gasteiger partial charge in [0.25, 0.3) is 0 Å². The third-order valence-electron chi connectivity index (χ3n) is 4.25. The van der Waals surface area contributed by atoms with Crippen LogP contribution in [0.25, 0.3) is 33.7 Å². The van der Waals surface area contributed by atoms with Crippen molar-refractivity contribution in [3.63, 3.8) is 0 Å². The minimum absolute atomic E-state index is 0.182. The zero-order valence-corrected chi connectivity index (χ0v) is 15.7. The number of rotatable bonds is 3. The van der Waals surface area contributed by atoms with Gasteiger partial charge in [-0.2, -0.15) is 0 Å². The van der Waals surface area contributed by atoms with Crippen LogP contribution in [0.1, 0.15) is 15.9 Å². The molecule has 6 heteroatoms. The third-order valence-corrected chi connectivity index (χ3v) is 4.80. The summed E-state index contributed by atoms with van der Waals surface area (Å²) in [4.78, 5) is 16.3. The van der Waals surface area contributed by atoms with Gasteiger partial charge in [-0.25, -0.2) is 9.78 Å². The van der Waals surface area contributed by atoms with Crippen molar-refractivity contribution in [3.05, 3.63) is 75.8 Å². The predicted octanol–water partition coefficient (Wildman–Crippen LogP) is 6.48. The smallest absolute Gasteiger partial charge is 0.336 e. The van der Waals surface area contributed by atoms with E-state index in [0.717, 1.165) is 5.56 Å². The Morgan fingerprint density at radius 2 is 1.78 bits per heavy atom. The van der Waals surface area contributed by atoms with Crippen molar-refractivity contribution in [2.75, 3.05) is 0 Å². The normalized spacial score (nSPS) is 11.1. The van der Waals surface area contributed by atoms with E-state index in [9.17, 15) is 9.90 Å². The second-order valence-electron chi connectivity index (χ2n) is 6.17. The zero-order chi connectivity index (χ0) is 19.1. The third kappa shape index (κ3) is 3.29. The van der Waals surface area contributed by atoms with Crippen LogP contribution in [0, 0.1) is 6.92 Å². The molecule has 2 heterocycles. The number of aromatic carboxylic acids is 1. The number of fused-ring (bicyclic) bond motifs is 1. The van der Waals surface area contributed by atoms with E-state index >= 15 is 0 Å². The van der Waals surface area contributed by atoms with Gasteiger partial charge in [0, 0.05) is 16.0 Å². The molecule has 0 amide bonds. The number of benzene rings is 2. The number of carboxylic acids is 1. The SMILES string of the molecule is Cc1ccc2nc(-c3ccc(-c4ccc(Cl)cc4Cl)o3)cc(C(=O)O)c2c1. The molecule has 4 nitrogen and oxygen atoms in total. The number of nitrogens with zero attached hydrogens (tertiary/aromatic N) is 1. The summed E-state index contributed by atoms with van der Waals surface area (Å²) in [5.41, 5.74) is 2.89. The molecule has 0 fully saturated rings. The molecule has 0 bridgehead atoms. The van der Waals surface area contributed by atoms with Crippen molar-refractivity contribution in [1.82, 2.24) is 4.98 Å². The molecule has 0 aliphatic rings. The summed E-state index contributed by atoms with van der Waals surface area (Å²) in [5, 5.41) is 11.2. The van der Waals surface area contributed by atoms with E-state index in [-0.39, 0.29) is 5.56 Å². The molecular weight excluding hydrogens is 385 g/mol. The highest BCUT2D eigenvalue weighted by Crippen LogP contribution is 2.34. The Kier molecular flexibility index (Phi) is 4.38. The van der Waals surface area contributed by atoms with E-state index in [2.05, 4.69) is 4.98 Å². The number of hydrogen-bond acceptors (Lipinski definition) is 3. The summed E-state index contributed by atoms with van der Waals surface area (Å²) in [6.07, 6.45) is 0. The Labute approximate surface area is 165 Å². The second-order valence-corrected chi connectivity index (χ2v) is 7.01. The molecule has 1 N–H and O–H groups in total. The number of furan rings is 1. The first-order valence-electron chi connectivity index (χ1n) is 8.13. The minimum atomic E-state index is -1.01. The lowest BCUT2D eigenvalue weighted by atomic mass is 10.0. The Morgan fingerprint density at radius 3 is 2.52 bits per heavy atom. The standard InChI is InChI=1S/C21H13Cl2NO3/c1-11-2-5-17-14(8-11)15(21(25)26)10-18(24-17)20-7-6-19(27-20)13-4-3-12(22)9-16(13)23/h2-10H,1H3,(H,25,26). The molecule has 0 aliphatic heterocycles. The van der Waals surface area contributed by atoms with Gasteiger partial charge in [0.05, 0.1) is 16.1 Å². The highest BCUT2D eigenvalue weighted by Gasteiger charge is 2.16. The number of aromatic nitrogens is 1. The zero-order valence-electron chi connectivity index (χ0n) is 14.2. The fraction of sp³-hybridized carbons (Fsp3) is 0.0476. The molecule has 134 valence electrons. The van der Waals surface area contributed by atoms with Gasteiger partial charge in [0.15, 0.2) is 5.76 Å². The average Bonchev–Trinajstić information content (AvgIpc) is 3.10. The number of hydrogen-bond donors (Lipinski definition) is 1. The molecule has 0 radical (unpaired) electrons. The van der Waals surface area contributed by atoms with E-state index in [1.165, 1.54) is 6.07 Å². The fourth-order valence-electron chi connectivity index (χ4n) is 2.95. The Bertz CT molecular complexity index is 1200. The number of halogens is 2. The summed E-state index contributed by atoms with van der Waals surface area (Å²) in [6, 6.07) is 15.7. The highest BCUT2D eigenvalue weighted by molar-refractivity contribution is 6.36. The summed E-state index contributed by atoms with van der Waals surface area (Å²) in [7, 11) is 0. The molecule has 0 unspecified atom stereocenters. The first-order valence-corrected chi connectivity index (χ1v) is 8.88. The van der Waals surface area contributed by atoms with E-state index in [0.29, 0.717) is 43.7 Å². The monoisotopic (exact) mass is 397 g/mol. The van der Waals surface area contributed by atoms with Crippen molar-refractivity contribution in [3.8, 4) is 22.8 Å². The van der Waals surface area contributed by atoms with Crippen LogP contribution in [0.4, 0.5) is 0 Å². The van der Waals surface area contributed by atoms with Crippen LogP contribution in [-0.2, 0) is 0 Å². The minimum Gasteiger partial charge on any atom is -0.478 e. The maximum atomic E-state index is 11.7. The predicted molar refractivity (Wildman–Crippen MR) is 107 cm³/mol. The number of pyridine rings is 1. The molecule has 0 aliphatic carbocycles. The molecule has 0 saturated heterocycles. The van der Waals surface area contributed by atoms with Crippen LogP contribution in [0.5, 0.6) is 0 Å². The van der Waals surface area contributed by atoms with Gasteiger partial charge in [0.2, 0.25) is 0 Å². The Hall–Kier alpha value is -2.82. The lowest BCUT2D eigenvalue weighted by Gasteiger charge is -2.06. The van der Waals surface area contributed by atoms with E-state index in [1.54, 1.807) is 36.4 Å². The van der Waals surface area contributed by atoms with Crippen molar-refractivity contribution in [2.24, 2.45) is 0 Å². The highest BCUT2D eigenvalue weighted by atomic mass is 35.5. The number of carbonyl (C=O) groups is 1. The Morgan fingerprint density at radius 1 is 1.00 bits per heavy atom. The maximum absolute atomic E-state index is 11.7. The molecule has 2 aromatic heterocycles. The van der Waals surface area contributed by atoms with Crippen LogP contribution in [0.2, 0.25) is 10.0 Å². The average molecular weight is 398 g/mol. The van der Waals surface area contributed by atoms with E-state index < -0.39 is 5.97 Å². The Balaban J connectivity index is 1.85. The van der Waals surface area contributed by atoms with Crippen LogP contribution in [0.15, 0.2) is 59.0 Å². The van der Waals surface area contributed by atoms with Gasteiger partial charge in [-0.05, 0) is 55.5 Å². The van der Waals surface area contributed by atoms with Crippen molar-refractivity contribution >= 4 is 40.1 Å². The van der Waals surface area contributed by atoms with Crippen LogP contribution >= 0.6 is 23.2 Å². The fourth-order valence-corrected chi connectivity index (χ4v) is 3.45. The largest absolute Gasteiger partial charge is 0.478 e. The van der Waals surface area contributed by atoms with Gasteiger partial charge < -0.3 is 9.52 Å². The van der Waals surface area contributed by atoms with Gasteiger partial charge in [-0.1, -0.05) is 34.8 Å². The second kappa shape index (κ2) is 6.72. The van der Waals surface area contributed by atoms with Crippen molar-refractivity contribution in [2.45, 2.75) is 6.92 Å². The van der Waals surface area contributed by atoms with Gasteiger partial charge in [-0.15, -0.1) is 0 Å². The van der Waals surface area contributed by atoms with E-state index in [1.807, 2.05) is 19.1 Å². The lowest BCUT2D eigenvalue weighted by Crippen LogP contribution is -2.00. The summed E-state index contributed by atoms with van der Waals surface area (Å²) in [5.74, 6) is -0.00267. The first-order chi connectivity index (χ1) is 12.9. The molecule has 2 aromatic carbocycles. The molecule has 27 heavy (non-hydrogen) atoms. The molecule has 0 saturated carbocycles. The molecular formula is C21H13Cl2NO3. The molecule has 0 spiro atoms. The van der Waals surface area contributed by atoms with Crippen molar-refractivity contribution < 1.29 is 14.3 Å². The summed E-state index contributed by atoms with van der Waals surface area (Å²) < 4.78 is 5.90. The lowest BCUT2D eigenvalue weighted by molar-refractivity contribution is 0.0699. The quantitative estimate of drug-likeness (QED) is 0.429. The van der Waals surface area contributed by atoms with Crippen LogP contribution in [0.3, 0.4) is 0 Å². The molecule has 4 aromatic rings. The topological polar surface area (TPSA) is 63.3 Å². The van der Waals surface area contributed by atoms with Crippen LogP contribution in [-0.4, -0.2) is 16.1 Å². The van der Waals surface area contributed by atoms with Gasteiger partial charge in [-0.3, -0.25) is 0 Å².